The lowest BCUT2D eigenvalue weighted by Gasteiger charge is -2.40. The predicted octanol–water partition coefficient (Wildman–Crippen LogP) is 0.996. The predicted molar refractivity (Wildman–Crippen MR) is 99.7 cm³/mol. The maximum atomic E-state index is 12.5. The molecule has 3 saturated heterocycles. The first-order chi connectivity index (χ1) is 12.8. The van der Waals surface area contributed by atoms with Crippen LogP contribution in [0.25, 0.3) is 0 Å². The van der Waals surface area contributed by atoms with Crippen molar-refractivity contribution < 1.29 is 17.9 Å². The summed E-state index contributed by atoms with van der Waals surface area (Å²) in [6.07, 6.45) is 10.1. The Hall–Kier alpha value is -1.45. The van der Waals surface area contributed by atoms with Gasteiger partial charge in [0, 0.05) is 38.4 Å². The minimum Gasteiger partial charge on any atom is -0.375 e. The molecule has 1 aromatic heterocycles. The van der Waals surface area contributed by atoms with Gasteiger partial charge in [0.25, 0.3) is 5.91 Å². The van der Waals surface area contributed by atoms with Gasteiger partial charge < -0.3 is 9.64 Å². The third-order valence-corrected chi connectivity index (χ3v) is 7.43. The van der Waals surface area contributed by atoms with E-state index in [1.54, 1.807) is 28.4 Å². The summed E-state index contributed by atoms with van der Waals surface area (Å²) in [6, 6.07) is 0.187. The number of amides is 1. The summed E-state index contributed by atoms with van der Waals surface area (Å²) in [5.41, 5.74) is 0.626. The molecule has 0 saturated carbocycles. The summed E-state index contributed by atoms with van der Waals surface area (Å²) in [6.45, 7) is 1.38. The van der Waals surface area contributed by atoms with Crippen LogP contribution in [-0.2, 0) is 21.8 Å². The van der Waals surface area contributed by atoms with Crippen LogP contribution in [0, 0.1) is 0 Å². The lowest BCUT2D eigenvalue weighted by atomic mass is 10.0. The molecule has 1 unspecified atom stereocenters. The van der Waals surface area contributed by atoms with Gasteiger partial charge >= 0.3 is 0 Å². The lowest BCUT2D eigenvalue weighted by molar-refractivity contribution is -0.0661. The van der Waals surface area contributed by atoms with Crippen LogP contribution in [0.5, 0.6) is 0 Å². The molecule has 0 aliphatic carbocycles. The molecule has 27 heavy (non-hydrogen) atoms. The molecule has 4 rings (SSSR count). The van der Waals surface area contributed by atoms with E-state index in [0.29, 0.717) is 18.7 Å². The number of piperidine rings is 2. The molecule has 3 aliphatic heterocycles. The second kappa shape index (κ2) is 7.18. The van der Waals surface area contributed by atoms with Gasteiger partial charge in [0.15, 0.2) is 0 Å². The highest BCUT2D eigenvalue weighted by Crippen LogP contribution is 2.39. The zero-order chi connectivity index (χ0) is 19.2. The number of carbonyl (C=O) groups is 1. The molecule has 3 aliphatic rings. The van der Waals surface area contributed by atoms with Gasteiger partial charge in [-0.25, -0.2) is 8.42 Å². The highest BCUT2D eigenvalue weighted by atomic mass is 32.2. The van der Waals surface area contributed by atoms with Crippen LogP contribution in [0.2, 0.25) is 0 Å². The van der Waals surface area contributed by atoms with Crippen molar-refractivity contribution in [3.05, 3.63) is 18.0 Å². The fraction of sp³-hybridized carbons (Fsp3) is 0.778. The van der Waals surface area contributed by atoms with E-state index in [4.69, 9.17) is 4.74 Å². The van der Waals surface area contributed by atoms with Gasteiger partial charge in [-0.05, 0) is 38.5 Å². The fourth-order valence-corrected chi connectivity index (χ4v) is 6.38. The molecule has 1 aromatic rings. The molecule has 0 radical (unpaired) electrons. The Morgan fingerprint density at radius 2 is 1.74 bits per heavy atom. The Bertz CT molecular complexity index is 786. The second-order valence-electron chi connectivity index (χ2n) is 8.10. The van der Waals surface area contributed by atoms with E-state index in [9.17, 15) is 13.2 Å². The van der Waals surface area contributed by atoms with E-state index in [2.05, 4.69) is 5.10 Å². The largest absolute Gasteiger partial charge is 0.375 e. The summed E-state index contributed by atoms with van der Waals surface area (Å²) < 4.78 is 33.7. The van der Waals surface area contributed by atoms with Crippen LogP contribution in [0.4, 0.5) is 0 Å². The fourth-order valence-electron chi connectivity index (χ4n) is 4.92. The van der Waals surface area contributed by atoms with Crippen molar-refractivity contribution in [1.82, 2.24) is 19.0 Å². The molecule has 0 spiro atoms. The quantitative estimate of drug-likeness (QED) is 0.758. The Morgan fingerprint density at radius 1 is 1.11 bits per heavy atom. The van der Waals surface area contributed by atoms with Crippen molar-refractivity contribution in [2.75, 3.05) is 19.3 Å². The molecule has 3 atom stereocenters. The van der Waals surface area contributed by atoms with Crippen LogP contribution in [-0.4, -0.2) is 76.9 Å². The van der Waals surface area contributed by atoms with Crippen molar-refractivity contribution in [2.24, 2.45) is 7.05 Å². The molecular weight excluding hydrogens is 368 g/mol. The minimum atomic E-state index is -3.13. The van der Waals surface area contributed by atoms with Crippen LogP contribution in [0.1, 0.15) is 48.9 Å². The smallest absolute Gasteiger partial charge is 0.257 e. The zero-order valence-corrected chi connectivity index (χ0v) is 16.8. The number of aromatic nitrogens is 2. The standard InChI is InChI=1S/C18H28N4O4S/c1-20-12-13(11-19-20)18(23)21-7-5-16(6-8-21)26-17-9-14-3-4-15(10-17)22(14)27(2,24)25/h11-12,14-17H,3-10H2,1-2H3/t14-,15+,17?. The topological polar surface area (TPSA) is 84.7 Å². The molecule has 0 N–H and O–H groups in total. The van der Waals surface area contributed by atoms with Gasteiger partial charge in [-0.2, -0.15) is 9.40 Å². The molecule has 9 heteroatoms. The maximum absolute atomic E-state index is 12.5. The molecule has 2 bridgehead atoms. The Morgan fingerprint density at radius 3 is 2.26 bits per heavy atom. The van der Waals surface area contributed by atoms with Crippen LogP contribution >= 0.6 is 0 Å². The van der Waals surface area contributed by atoms with E-state index in [1.807, 2.05) is 4.90 Å². The van der Waals surface area contributed by atoms with Crippen molar-refractivity contribution in [2.45, 2.75) is 62.8 Å². The third kappa shape index (κ3) is 3.90. The first-order valence-electron chi connectivity index (χ1n) is 9.73. The van der Waals surface area contributed by atoms with E-state index in [-0.39, 0.29) is 30.2 Å². The number of ether oxygens (including phenoxy) is 1. The van der Waals surface area contributed by atoms with E-state index in [0.717, 1.165) is 38.5 Å². The number of hydrogen-bond donors (Lipinski definition) is 0. The van der Waals surface area contributed by atoms with Crippen LogP contribution in [0.3, 0.4) is 0 Å². The summed E-state index contributed by atoms with van der Waals surface area (Å²) in [5, 5.41) is 4.07. The van der Waals surface area contributed by atoms with Crippen molar-refractivity contribution in [3.8, 4) is 0 Å². The summed E-state index contributed by atoms with van der Waals surface area (Å²) in [4.78, 5) is 14.4. The highest BCUT2D eigenvalue weighted by molar-refractivity contribution is 7.88. The Kier molecular flexibility index (Phi) is 5.02. The molecule has 3 fully saturated rings. The molecular formula is C18H28N4O4S. The lowest BCUT2D eigenvalue weighted by Crippen LogP contribution is -2.49. The number of rotatable bonds is 4. The number of hydrogen-bond acceptors (Lipinski definition) is 5. The zero-order valence-electron chi connectivity index (χ0n) is 16.0. The van der Waals surface area contributed by atoms with Crippen molar-refractivity contribution in [3.63, 3.8) is 0 Å². The molecule has 150 valence electrons. The van der Waals surface area contributed by atoms with Gasteiger partial charge in [0.1, 0.15) is 0 Å². The van der Waals surface area contributed by atoms with Crippen LogP contribution < -0.4 is 0 Å². The number of nitrogens with zero attached hydrogens (tertiary/aromatic N) is 4. The van der Waals surface area contributed by atoms with Gasteiger partial charge in [0.2, 0.25) is 10.0 Å². The maximum Gasteiger partial charge on any atom is 0.257 e. The van der Waals surface area contributed by atoms with Gasteiger partial charge in [-0.1, -0.05) is 0 Å². The highest BCUT2D eigenvalue weighted by Gasteiger charge is 2.46. The number of likely N-dealkylation sites (tertiary alicyclic amines) is 1. The summed E-state index contributed by atoms with van der Waals surface area (Å²) >= 11 is 0. The van der Waals surface area contributed by atoms with E-state index >= 15 is 0 Å². The van der Waals surface area contributed by atoms with E-state index < -0.39 is 10.0 Å². The molecule has 0 aromatic carbocycles. The monoisotopic (exact) mass is 396 g/mol. The summed E-state index contributed by atoms with van der Waals surface area (Å²) in [5.74, 6) is 0.0288. The van der Waals surface area contributed by atoms with Gasteiger partial charge in [-0.15, -0.1) is 0 Å². The average Bonchev–Trinajstić information content (AvgIpc) is 3.16. The first kappa shape index (κ1) is 18.9. The summed E-state index contributed by atoms with van der Waals surface area (Å²) in [7, 11) is -1.33. The first-order valence-corrected chi connectivity index (χ1v) is 11.6. The molecule has 8 nitrogen and oxygen atoms in total. The molecule has 1 amide bonds. The van der Waals surface area contributed by atoms with E-state index in [1.165, 1.54) is 6.26 Å². The number of carbonyl (C=O) groups excluding carboxylic acids is 1. The van der Waals surface area contributed by atoms with Gasteiger partial charge in [0.05, 0.1) is 30.2 Å². The number of sulfonamides is 1. The average molecular weight is 397 g/mol. The number of fused-ring (bicyclic) bond motifs is 2. The van der Waals surface area contributed by atoms with Crippen molar-refractivity contribution >= 4 is 15.9 Å². The minimum absolute atomic E-state index is 0.0288. The SMILES string of the molecule is Cn1cc(C(=O)N2CCC(OC3C[C@H]4CC[C@@H](C3)N4S(C)(=O)=O)CC2)cn1. The van der Waals surface area contributed by atoms with Crippen LogP contribution in [0.15, 0.2) is 12.4 Å². The Labute approximate surface area is 160 Å². The Balaban J connectivity index is 1.29. The second-order valence-corrected chi connectivity index (χ2v) is 9.99. The van der Waals surface area contributed by atoms with Crippen molar-refractivity contribution in [1.29, 1.82) is 0 Å². The normalized spacial score (nSPS) is 30.0. The molecule has 4 heterocycles. The number of aryl methyl sites for hydroxylation is 1. The third-order valence-electron chi connectivity index (χ3n) is 6.07. The van der Waals surface area contributed by atoms with Gasteiger partial charge in [-0.3, -0.25) is 9.48 Å².